The molecule has 2 N–H and O–H groups in total. The molecule has 1 rings (SSSR count). The van der Waals surface area contributed by atoms with Crippen molar-refractivity contribution >= 4 is 23.7 Å². The van der Waals surface area contributed by atoms with Gasteiger partial charge < -0.3 is 14.8 Å². The molecule has 0 fully saturated rings. The molecule has 0 bridgehead atoms. The standard InChI is InChI=1S/C16H19F3N2O5/c1-15(2,3)26-14(24)21-11-6-4-10(5-7-11)13(23)25-8-12(22)20-9-16(17,18)19/h4-7H,8-9H2,1-3H3,(H,20,22)(H,21,24). The molecule has 26 heavy (non-hydrogen) atoms. The zero-order chi connectivity index (χ0) is 20.0. The maximum Gasteiger partial charge on any atom is 0.412 e. The van der Waals surface area contributed by atoms with Crippen molar-refractivity contribution in [3.05, 3.63) is 29.8 Å². The van der Waals surface area contributed by atoms with Crippen LogP contribution in [0.25, 0.3) is 0 Å². The van der Waals surface area contributed by atoms with Gasteiger partial charge in [-0.3, -0.25) is 10.1 Å². The van der Waals surface area contributed by atoms with Crippen LogP contribution in [-0.2, 0) is 14.3 Å². The monoisotopic (exact) mass is 376 g/mol. The Morgan fingerprint density at radius 2 is 1.62 bits per heavy atom. The first-order valence-electron chi connectivity index (χ1n) is 7.46. The first-order valence-corrected chi connectivity index (χ1v) is 7.46. The van der Waals surface area contributed by atoms with E-state index in [0.717, 1.165) is 0 Å². The second-order valence-corrected chi connectivity index (χ2v) is 6.17. The fourth-order valence-electron chi connectivity index (χ4n) is 1.58. The Kier molecular flexibility index (Phi) is 6.99. The Labute approximate surface area is 147 Å². The van der Waals surface area contributed by atoms with Crippen LogP contribution in [0.2, 0.25) is 0 Å². The lowest BCUT2D eigenvalue weighted by Gasteiger charge is -2.19. The molecule has 0 aliphatic heterocycles. The number of benzene rings is 1. The summed E-state index contributed by atoms with van der Waals surface area (Å²) in [7, 11) is 0. The van der Waals surface area contributed by atoms with E-state index in [9.17, 15) is 27.6 Å². The van der Waals surface area contributed by atoms with Crippen molar-refractivity contribution in [1.82, 2.24) is 5.32 Å². The number of esters is 1. The van der Waals surface area contributed by atoms with E-state index in [2.05, 4.69) is 10.1 Å². The van der Waals surface area contributed by atoms with E-state index >= 15 is 0 Å². The lowest BCUT2D eigenvalue weighted by atomic mass is 10.2. The lowest BCUT2D eigenvalue weighted by molar-refractivity contribution is -0.140. The summed E-state index contributed by atoms with van der Waals surface area (Å²) < 4.78 is 45.5. The van der Waals surface area contributed by atoms with Crippen molar-refractivity contribution in [2.45, 2.75) is 32.5 Å². The highest BCUT2D eigenvalue weighted by Crippen LogP contribution is 2.14. The maximum atomic E-state index is 11.9. The summed E-state index contributed by atoms with van der Waals surface area (Å²) in [5.74, 6) is -1.96. The van der Waals surface area contributed by atoms with Crippen LogP contribution < -0.4 is 10.6 Å². The minimum absolute atomic E-state index is 0.0587. The number of nitrogens with one attached hydrogen (secondary N) is 2. The first-order chi connectivity index (χ1) is 11.9. The first kappa shape index (κ1) is 21.3. The molecule has 0 aliphatic carbocycles. The van der Waals surface area contributed by atoms with E-state index < -0.39 is 42.9 Å². The van der Waals surface area contributed by atoms with E-state index in [1.54, 1.807) is 26.1 Å². The van der Waals surface area contributed by atoms with Gasteiger partial charge in [-0.15, -0.1) is 0 Å². The minimum atomic E-state index is -4.55. The summed E-state index contributed by atoms with van der Waals surface area (Å²) in [5, 5.41) is 4.04. The van der Waals surface area contributed by atoms with E-state index in [1.807, 2.05) is 0 Å². The van der Waals surface area contributed by atoms with Crippen LogP contribution in [-0.4, -0.2) is 42.9 Å². The molecule has 1 aromatic rings. The van der Waals surface area contributed by atoms with Crippen molar-refractivity contribution in [2.75, 3.05) is 18.5 Å². The zero-order valence-electron chi connectivity index (χ0n) is 14.4. The van der Waals surface area contributed by atoms with Crippen LogP contribution in [0, 0.1) is 0 Å². The molecule has 0 aliphatic rings. The number of hydrogen-bond acceptors (Lipinski definition) is 5. The fraction of sp³-hybridized carbons (Fsp3) is 0.438. The van der Waals surface area contributed by atoms with Gasteiger partial charge in [-0.05, 0) is 45.0 Å². The molecule has 0 radical (unpaired) electrons. The van der Waals surface area contributed by atoms with Gasteiger partial charge in [-0.2, -0.15) is 13.2 Å². The molecule has 0 spiro atoms. The van der Waals surface area contributed by atoms with Crippen molar-refractivity contribution < 1.29 is 37.0 Å². The van der Waals surface area contributed by atoms with E-state index in [0.29, 0.717) is 5.69 Å². The minimum Gasteiger partial charge on any atom is -0.452 e. The van der Waals surface area contributed by atoms with Gasteiger partial charge in [-0.1, -0.05) is 0 Å². The molecule has 1 aromatic carbocycles. The predicted molar refractivity (Wildman–Crippen MR) is 85.6 cm³/mol. The van der Waals surface area contributed by atoms with Crippen molar-refractivity contribution in [2.24, 2.45) is 0 Å². The van der Waals surface area contributed by atoms with Gasteiger partial charge in [0.15, 0.2) is 6.61 Å². The topological polar surface area (TPSA) is 93.7 Å². The molecule has 10 heteroatoms. The Bertz CT molecular complexity index is 651. The number of rotatable bonds is 5. The van der Waals surface area contributed by atoms with Gasteiger partial charge in [0.05, 0.1) is 5.56 Å². The smallest absolute Gasteiger partial charge is 0.412 e. The molecule has 0 aromatic heterocycles. The quantitative estimate of drug-likeness (QED) is 0.771. The van der Waals surface area contributed by atoms with Crippen LogP contribution in [0.15, 0.2) is 24.3 Å². The van der Waals surface area contributed by atoms with Gasteiger partial charge in [0.2, 0.25) is 0 Å². The van der Waals surface area contributed by atoms with Gasteiger partial charge in [0.25, 0.3) is 5.91 Å². The fourth-order valence-corrected chi connectivity index (χ4v) is 1.58. The molecule has 0 atom stereocenters. The van der Waals surface area contributed by atoms with Gasteiger partial charge >= 0.3 is 18.2 Å². The second kappa shape index (κ2) is 8.54. The molecule has 0 heterocycles. The molecule has 7 nitrogen and oxygen atoms in total. The summed E-state index contributed by atoms with van der Waals surface area (Å²) in [6.45, 7) is 2.77. The molecule has 2 amide bonds. The molecule has 144 valence electrons. The number of carbonyl (C=O) groups excluding carboxylic acids is 3. The number of ether oxygens (including phenoxy) is 2. The van der Waals surface area contributed by atoms with Crippen LogP contribution in [0.5, 0.6) is 0 Å². The normalized spacial score (nSPS) is 11.5. The molecular weight excluding hydrogens is 357 g/mol. The van der Waals surface area contributed by atoms with E-state index in [-0.39, 0.29) is 5.56 Å². The van der Waals surface area contributed by atoms with Crippen LogP contribution in [0.4, 0.5) is 23.7 Å². The Morgan fingerprint density at radius 1 is 1.04 bits per heavy atom. The summed E-state index contributed by atoms with van der Waals surface area (Å²) in [6.07, 6.45) is -5.22. The van der Waals surface area contributed by atoms with Crippen molar-refractivity contribution in [3.8, 4) is 0 Å². The summed E-state index contributed by atoms with van der Waals surface area (Å²) in [4.78, 5) is 34.5. The summed E-state index contributed by atoms with van der Waals surface area (Å²) >= 11 is 0. The molecule has 0 saturated carbocycles. The van der Waals surface area contributed by atoms with Gasteiger partial charge in [-0.25, -0.2) is 9.59 Å². The SMILES string of the molecule is CC(C)(C)OC(=O)Nc1ccc(C(=O)OCC(=O)NCC(F)(F)F)cc1. The second-order valence-electron chi connectivity index (χ2n) is 6.17. The molecule has 0 unspecified atom stereocenters. The third-order valence-electron chi connectivity index (χ3n) is 2.59. The third-order valence-corrected chi connectivity index (χ3v) is 2.59. The highest BCUT2D eigenvalue weighted by atomic mass is 19.4. The van der Waals surface area contributed by atoms with Crippen molar-refractivity contribution in [1.29, 1.82) is 0 Å². The Morgan fingerprint density at radius 3 is 2.12 bits per heavy atom. The number of anilines is 1. The number of amides is 2. The number of carbonyl (C=O) groups is 3. The lowest BCUT2D eigenvalue weighted by Crippen LogP contribution is -2.36. The molecular formula is C16H19F3N2O5. The summed E-state index contributed by atoms with van der Waals surface area (Å²) in [5.41, 5.74) is -0.248. The van der Waals surface area contributed by atoms with Crippen molar-refractivity contribution in [3.63, 3.8) is 0 Å². The average molecular weight is 376 g/mol. The Hall–Kier alpha value is -2.78. The van der Waals surface area contributed by atoms with E-state index in [1.165, 1.54) is 24.3 Å². The van der Waals surface area contributed by atoms with Crippen LogP contribution in [0.1, 0.15) is 31.1 Å². The Balaban J connectivity index is 2.49. The molecule has 0 saturated heterocycles. The van der Waals surface area contributed by atoms with Gasteiger partial charge in [0.1, 0.15) is 12.1 Å². The number of hydrogen-bond donors (Lipinski definition) is 2. The van der Waals surface area contributed by atoms with Crippen LogP contribution >= 0.6 is 0 Å². The average Bonchev–Trinajstić information content (AvgIpc) is 2.48. The van der Waals surface area contributed by atoms with E-state index in [4.69, 9.17) is 4.74 Å². The van der Waals surface area contributed by atoms with Gasteiger partial charge in [0, 0.05) is 5.69 Å². The largest absolute Gasteiger partial charge is 0.452 e. The summed E-state index contributed by atoms with van der Waals surface area (Å²) in [6, 6.07) is 5.46. The number of halogens is 3. The number of alkyl halides is 3. The van der Waals surface area contributed by atoms with Crippen LogP contribution in [0.3, 0.4) is 0 Å². The zero-order valence-corrected chi connectivity index (χ0v) is 14.4. The third kappa shape index (κ3) is 8.90. The maximum absolute atomic E-state index is 11.9. The highest BCUT2D eigenvalue weighted by Gasteiger charge is 2.27. The highest BCUT2D eigenvalue weighted by molar-refractivity contribution is 5.92. The predicted octanol–water partition coefficient (Wildman–Crippen LogP) is 2.87.